The number of carbonyl (C=O) groups excluding carboxylic acids is 1. The van der Waals surface area contributed by atoms with Gasteiger partial charge in [0.2, 0.25) is 0 Å². The average molecular weight is 323 g/mol. The fraction of sp³-hybridized carbons (Fsp3) is 0.385. The number of halogens is 5. The molecule has 0 N–H and O–H groups in total. The van der Waals surface area contributed by atoms with Gasteiger partial charge in [-0.3, -0.25) is 4.79 Å². The van der Waals surface area contributed by atoms with E-state index in [-0.39, 0.29) is 6.61 Å². The molecule has 9 heteroatoms. The lowest BCUT2D eigenvalue weighted by molar-refractivity contribution is -0.274. The highest BCUT2D eigenvalue weighted by Gasteiger charge is 2.33. The fourth-order valence-corrected chi connectivity index (χ4v) is 1.73. The van der Waals surface area contributed by atoms with Crippen molar-refractivity contribution < 1.29 is 36.2 Å². The fourth-order valence-electron chi connectivity index (χ4n) is 1.73. The quantitative estimate of drug-likeness (QED) is 0.615. The molecule has 1 aromatic carbocycles. The Hall–Kier alpha value is -2.37. The molecule has 0 bridgehead atoms. The molecule has 0 fully saturated rings. The van der Waals surface area contributed by atoms with E-state index >= 15 is 0 Å². The highest BCUT2D eigenvalue weighted by Crippen LogP contribution is 2.34. The minimum Gasteiger partial charge on any atom is -0.466 e. The molecule has 1 aromatic rings. The van der Waals surface area contributed by atoms with Crippen molar-refractivity contribution in [3.05, 3.63) is 28.8 Å². The summed E-state index contributed by atoms with van der Waals surface area (Å²) in [6, 6.07) is 2.66. The summed E-state index contributed by atoms with van der Waals surface area (Å²) in [7, 11) is 0. The van der Waals surface area contributed by atoms with Crippen LogP contribution in [0.25, 0.3) is 0 Å². The zero-order valence-corrected chi connectivity index (χ0v) is 11.2. The van der Waals surface area contributed by atoms with Crippen molar-refractivity contribution in [1.82, 2.24) is 0 Å². The van der Waals surface area contributed by atoms with E-state index in [0.29, 0.717) is 12.1 Å². The van der Waals surface area contributed by atoms with Crippen LogP contribution < -0.4 is 4.74 Å². The Morgan fingerprint density at radius 3 is 2.45 bits per heavy atom. The molecular formula is C13H10F5NO3. The zero-order chi connectivity index (χ0) is 16.9. The highest BCUT2D eigenvalue weighted by atomic mass is 19.4. The summed E-state index contributed by atoms with van der Waals surface area (Å²) >= 11 is 0. The van der Waals surface area contributed by atoms with Crippen molar-refractivity contribution in [3.63, 3.8) is 0 Å². The summed E-state index contributed by atoms with van der Waals surface area (Å²) in [5, 5.41) is 8.95. The largest absolute Gasteiger partial charge is 0.573 e. The van der Waals surface area contributed by atoms with Crippen LogP contribution in [-0.4, -0.2) is 18.9 Å². The van der Waals surface area contributed by atoms with Crippen LogP contribution in [0.1, 0.15) is 30.0 Å². The zero-order valence-electron chi connectivity index (χ0n) is 11.2. The van der Waals surface area contributed by atoms with Crippen molar-refractivity contribution in [3.8, 4) is 11.8 Å². The molecule has 4 nitrogen and oxygen atoms in total. The Balaban J connectivity index is 3.37. The third kappa shape index (κ3) is 4.58. The maximum atomic E-state index is 12.9. The van der Waals surface area contributed by atoms with Gasteiger partial charge in [0, 0.05) is 5.56 Å². The summed E-state index contributed by atoms with van der Waals surface area (Å²) < 4.78 is 70.8. The molecule has 0 saturated carbocycles. The molecule has 0 heterocycles. The molecule has 0 atom stereocenters. The molecule has 0 aliphatic rings. The van der Waals surface area contributed by atoms with Crippen molar-refractivity contribution >= 4 is 5.97 Å². The van der Waals surface area contributed by atoms with Gasteiger partial charge in [-0.25, -0.2) is 8.78 Å². The molecule has 0 unspecified atom stereocenters. The van der Waals surface area contributed by atoms with Crippen LogP contribution in [0.5, 0.6) is 5.75 Å². The van der Waals surface area contributed by atoms with Gasteiger partial charge in [-0.2, -0.15) is 5.26 Å². The lowest BCUT2D eigenvalue weighted by Gasteiger charge is -2.15. The first-order valence-electron chi connectivity index (χ1n) is 5.95. The van der Waals surface area contributed by atoms with Crippen LogP contribution in [0.3, 0.4) is 0 Å². The first-order valence-corrected chi connectivity index (χ1v) is 5.95. The third-order valence-corrected chi connectivity index (χ3v) is 2.51. The SMILES string of the molecule is CCOC(=O)Cc1c(C(F)F)ccc(OC(F)(F)F)c1C#N. The second-order valence-corrected chi connectivity index (χ2v) is 3.95. The Labute approximate surface area is 122 Å². The van der Waals surface area contributed by atoms with E-state index < -0.39 is 47.6 Å². The average Bonchev–Trinajstić information content (AvgIpc) is 2.37. The maximum Gasteiger partial charge on any atom is 0.573 e. The Morgan fingerprint density at radius 1 is 1.36 bits per heavy atom. The second kappa shape index (κ2) is 7.06. The van der Waals surface area contributed by atoms with E-state index in [1.54, 1.807) is 0 Å². The van der Waals surface area contributed by atoms with Crippen molar-refractivity contribution in [2.75, 3.05) is 6.61 Å². The summed E-state index contributed by atoms with van der Waals surface area (Å²) in [5.41, 5.74) is -2.04. The number of carbonyl (C=O) groups is 1. The van der Waals surface area contributed by atoms with Crippen LogP contribution in [0.2, 0.25) is 0 Å². The van der Waals surface area contributed by atoms with Crippen LogP contribution in [-0.2, 0) is 16.0 Å². The number of hydrogen-bond acceptors (Lipinski definition) is 4. The molecule has 0 saturated heterocycles. The summed E-state index contributed by atoms with van der Waals surface area (Å²) in [5.74, 6) is -1.89. The number of esters is 1. The van der Waals surface area contributed by atoms with Gasteiger partial charge in [-0.1, -0.05) is 0 Å². The van der Waals surface area contributed by atoms with Crippen molar-refractivity contribution in [2.45, 2.75) is 26.1 Å². The molecule has 0 radical (unpaired) electrons. The predicted octanol–water partition coefficient (Wildman–Crippen LogP) is 3.50. The van der Waals surface area contributed by atoms with Gasteiger partial charge in [0.15, 0.2) is 0 Å². The molecule has 0 amide bonds. The van der Waals surface area contributed by atoms with E-state index in [9.17, 15) is 26.7 Å². The number of rotatable bonds is 5. The number of nitrogens with zero attached hydrogens (tertiary/aromatic N) is 1. The summed E-state index contributed by atoms with van der Waals surface area (Å²) in [6.07, 6.45) is -8.93. The van der Waals surface area contributed by atoms with Gasteiger partial charge < -0.3 is 9.47 Å². The number of alkyl halides is 5. The highest BCUT2D eigenvalue weighted by molar-refractivity contribution is 5.75. The Kier molecular flexibility index (Phi) is 5.68. The van der Waals surface area contributed by atoms with Gasteiger partial charge in [-0.05, 0) is 24.6 Å². The van der Waals surface area contributed by atoms with E-state index in [2.05, 4.69) is 9.47 Å². The van der Waals surface area contributed by atoms with Gasteiger partial charge in [0.05, 0.1) is 18.6 Å². The molecule has 0 aromatic heterocycles. The number of nitriles is 1. The summed E-state index contributed by atoms with van der Waals surface area (Å²) in [4.78, 5) is 11.4. The van der Waals surface area contributed by atoms with Gasteiger partial charge >= 0.3 is 12.3 Å². The number of ether oxygens (including phenoxy) is 2. The molecule has 1 rings (SSSR count). The number of hydrogen-bond donors (Lipinski definition) is 0. The van der Waals surface area contributed by atoms with Crippen molar-refractivity contribution in [2.24, 2.45) is 0 Å². The summed E-state index contributed by atoms with van der Waals surface area (Å²) in [6.45, 7) is 1.43. The van der Waals surface area contributed by atoms with Gasteiger partial charge in [-0.15, -0.1) is 13.2 Å². The minimum absolute atomic E-state index is 0.0382. The van der Waals surface area contributed by atoms with Crippen molar-refractivity contribution in [1.29, 1.82) is 5.26 Å². The Bertz CT molecular complexity index is 593. The van der Waals surface area contributed by atoms with Crippen LogP contribution in [0.4, 0.5) is 22.0 Å². The smallest absolute Gasteiger partial charge is 0.466 e. The van der Waals surface area contributed by atoms with E-state index in [0.717, 1.165) is 0 Å². The first kappa shape index (κ1) is 17.7. The molecule has 120 valence electrons. The second-order valence-electron chi connectivity index (χ2n) is 3.95. The lowest BCUT2D eigenvalue weighted by Crippen LogP contribution is -2.19. The molecule has 0 aliphatic carbocycles. The normalized spacial score (nSPS) is 11.2. The third-order valence-electron chi connectivity index (χ3n) is 2.51. The maximum absolute atomic E-state index is 12.9. The number of benzene rings is 1. The molecular weight excluding hydrogens is 313 g/mol. The van der Waals surface area contributed by atoms with Crippen LogP contribution in [0, 0.1) is 11.3 Å². The Morgan fingerprint density at radius 2 is 2.00 bits per heavy atom. The molecule has 0 spiro atoms. The molecule has 22 heavy (non-hydrogen) atoms. The first-order chi connectivity index (χ1) is 10.2. The van der Waals surface area contributed by atoms with E-state index in [1.807, 2.05) is 0 Å². The van der Waals surface area contributed by atoms with Gasteiger partial charge in [0.25, 0.3) is 6.43 Å². The van der Waals surface area contributed by atoms with Crippen LogP contribution in [0.15, 0.2) is 12.1 Å². The topological polar surface area (TPSA) is 59.3 Å². The lowest BCUT2D eigenvalue weighted by atomic mass is 9.98. The molecule has 0 aliphatic heterocycles. The monoisotopic (exact) mass is 323 g/mol. The van der Waals surface area contributed by atoms with Crippen LogP contribution >= 0.6 is 0 Å². The standard InChI is InChI=1S/C13H10F5NO3/c1-2-21-11(20)5-8-7(12(14)15)3-4-10(9(8)6-19)22-13(16,17)18/h3-4,12H,2,5H2,1H3. The van der Waals surface area contributed by atoms with Gasteiger partial charge in [0.1, 0.15) is 11.8 Å². The van der Waals surface area contributed by atoms with E-state index in [4.69, 9.17) is 5.26 Å². The predicted molar refractivity (Wildman–Crippen MR) is 63.1 cm³/mol. The minimum atomic E-state index is -5.10. The van der Waals surface area contributed by atoms with E-state index in [1.165, 1.54) is 13.0 Å².